The minimum Gasteiger partial charge on any atom is -0.246 e. The van der Waals surface area contributed by atoms with Crippen LogP contribution in [-0.4, -0.2) is 16.4 Å². The maximum absolute atomic E-state index is 6.58. The zero-order valence-corrected chi connectivity index (χ0v) is 22.4. The lowest BCUT2D eigenvalue weighted by molar-refractivity contribution is 1.24. The van der Waals surface area contributed by atoms with Crippen molar-refractivity contribution in [2.45, 2.75) is 20.8 Å². The van der Waals surface area contributed by atoms with Gasteiger partial charge in [-0.1, -0.05) is 109 Å². The highest BCUT2D eigenvalue weighted by molar-refractivity contribution is 6.33. The first-order chi connectivity index (χ1) is 18.5. The first-order valence-corrected chi connectivity index (χ1v) is 13.0. The van der Waals surface area contributed by atoms with Gasteiger partial charge in [0.05, 0.1) is 39.2 Å². The molecule has 3 nitrogen and oxygen atoms in total. The summed E-state index contributed by atoms with van der Waals surface area (Å²) in [4.78, 5) is 15.4. The quantitative estimate of drug-likeness (QED) is 0.209. The molecule has 0 radical (unpaired) electrons. The standard InChI is InChI=1S/C34H28ClN3/c1-23-13-10-14-24(2)31(23)37-33(26-16-6-4-7-17-26)29-21-12-22-30(36-29)34(27-18-8-5-9-19-27)38-32-25(3)15-11-20-28(32)35/h4-22H,1-3H3/b37-33+,38-34+. The molecule has 0 amide bonds. The van der Waals surface area contributed by atoms with E-state index in [-0.39, 0.29) is 0 Å². The summed E-state index contributed by atoms with van der Waals surface area (Å²) in [7, 11) is 0. The van der Waals surface area contributed by atoms with E-state index < -0.39 is 0 Å². The molecule has 5 aromatic rings. The summed E-state index contributed by atoms with van der Waals surface area (Å²) in [6.07, 6.45) is 0. The molecular formula is C34H28ClN3. The highest BCUT2D eigenvalue weighted by Gasteiger charge is 2.16. The molecule has 0 aliphatic carbocycles. The van der Waals surface area contributed by atoms with Gasteiger partial charge in [0.2, 0.25) is 0 Å². The fourth-order valence-corrected chi connectivity index (χ4v) is 4.66. The molecule has 0 saturated heterocycles. The summed E-state index contributed by atoms with van der Waals surface area (Å²) < 4.78 is 0. The van der Waals surface area contributed by atoms with Crippen LogP contribution >= 0.6 is 11.6 Å². The second-order valence-corrected chi connectivity index (χ2v) is 9.61. The molecule has 0 spiro atoms. The first-order valence-electron chi connectivity index (χ1n) is 12.6. The third-order valence-corrected chi connectivity index (χ3v) is 6.71. The highest BCUT2D eigenvalue weighted by Crippen LogP contribution is 2.30. The van der Waals surface area contributed by atoms with Crippen molar-refractivity contribution in [3.8, 4) is 0 Å². The van der Waals surface area contributed by atoms with Gasteiger partial charge in [-0.25, -0.2) is 15.0 Å². The number of para-hydroxylation sites is 2. The zero-order chi connectivity index (χ0) is 26.5. The number of hydrogen-bond acceptors (Lipinski definition) is 3. The molecule has 0 fully saturated rings. The molecular weight excluding hydrogens is 486 g/mol. The van der Waals surface area contributed by atoms with Crippen molar-refractivity contribution in [3.63, 3.8) is 0 Å². The second-order valence-electron chi connectivity index (χ2n) is 9.21. The molecule has 0 aliphatic heterocycles. The van der Waals surface area contributed by atoms with Gasteiger partial charge < -0.3 is 0 Å². The lowest BCUT2D eigenvalue weighted by atomic mass is 10.0. The van der Waals surface area contributed by atoms with Gasteiger partial charge in [-0.2, -0.15) is 0 Å². The number of hydrogen-bond donors (Lipinski definition) is 0. The largest absolute Gasteiger partial charge is 0.246 e. The molecule has 1 heterocycles. The maximum Gasteiger partial charge on any atom is 0.0966 e. The van der Waals surface area contributed by atoms with Gasteiger partial charge in [-0.15, -0.1) is 0 Å². The highest BCUT2D eigenvalue weighted by atomic mass is 35.5. The predicted molar refractivity (Wildman–Crippen MR) is 160 cm³/mol. The summed E-state index contributed by atoms with van der Waals surface area (Å²) in [6, 6.07) is 38.4. The van der Waals surface area contributed by atoms with Gasteiger partial charge in [-0.3, -0.25) is 0 Å². The summed E-state index contributed by atoms with van der Waals surface area (Å²) in [5, 5.41) is 0.608. The van der Waals surface area contributed by atoms with Crippen LogP contribution in [0, 0.1) is 20.8 Å². The van der Waals surface area contributed by atoms with Gasteiger partial charge in [0.1, 0.15) is 0 Å². The van der Waals surface area contributed by atoms with E-state index in [0.717, 1.165) is 62.0 Å². The third-order valence-electron chi connectivity index (χ3n) is 6.40. The molecule has 1 aromatic heterocycles. The molecule has 0 saturated carbocycles. The molecule has 4 aromatic carbocycles. The van der Waals surface area contributed by atoms with Gasteiger partial charge in [0.25, 0.3) is 0 Å². The van der Waals surface area contributed by atoms with Gasteiger partial charge in [0, 0.05) is 11.1 Å². The van der Waals surface area contributed by atoms with Crippen LogP contribution in [0.4, 0.5) is 11.4 Å². The van der Waals surface area contributed by atoms with Gasteiger partial charge in [0.15, 0.2) is 0 Å². The number of rotatable bonds is 6. The van der Waals surface area contributed by atoms with Crippen LogP contribution < -0.4 is 0 Å². The van der Waals surface area contributed by atoms with E-state index in [9.17, 15) is 0 Å². The van der Waals surface area contributed by atoms with Crippen LogP contribution in [0.2, 0.25) is 5.02 Å². The Morgan fingerprint density at radius 3 is 1.42 bits per heavy atom. The lowest BCUT2D eigenvalue weighted by Crippen LogP contribution is -2.12. The topological polar surface area (TPSA) is 37.6 Å². The smallest absolute Gasteiger partial charge is 0.0966 e. The van der Waals surface area contributed by atoms with Crippen molar-refractivity contribution >= 4 is 34.4 Å². The van der Waals surface area contributed by atoms with Crippen molar-refractivity contribution in [1.29, 1.82) is 0 Å². The fraction of sp³-hybridized carbons (Fsp3) is 0.0882. The second kappa shape index (κ2) is 11.4. The van der Waals surface area contributed by atoms with E-state index in [1.54, 1.807) is 0 Å². The molecule has 4 heteroatoms. The minimum atomic E-state index is 0.608. The normalized spacial score (nSPS) is 12.0. The maximum atomic E-state index is 6.58. The summed E-state index contributed by atoms with van der Waals surface area (Å²) in [5.74, 6) is 0. The molecule has 0 aliphatic rings. The van der Waals surface area contributed by atoms with Crippen LogP contribution in [0.15, 0.2) is 125 Å². The summed E-state index contributed by atoms with van der Waals surface area (Å²) >= 11 is 6.58. The number of halogens is 1. The van der Waals surface area contributed by atoms with Crippen molar-refractivity contribution in [2.75, 3.05) is 0 Å². The average molecular weight is 514 g/mol. The number of pyridine rings is 1. The fourth-order valence-electron chi connectivity index (χ4n) is 4.40. The minimum absolute atomic E-state index is 0.608. The van der Waals surface area contributed by atoms with Gasteiger partial charge >= 0.3 is 0 Å². The van der Waals surface area contributed by atoms with Crippen molar-refractivity contribution < 1.29 is 0 Å². The Kier molecular flexibility index (Phi) is 7.57. The number of benzene rings is 4. The predicted octanol–water partition coefficient (Wildman–Crippen LogP) is 9.00. The SMILES string of the molecule is Cc1cccc(C)c1/N=C(\c1ccccc1)c1cccc(/C(=N/c2c(C)cccc2Cl)c2ccccc2)n1. The molecule has 186 valence electrons. The average Bonchev–Trinajstić information content (AvgIpc) is 2.94. The van der Waals surface area contributed by atoms with Crippen molar-refractivity contribution in [2.24, 2.45) is 9.98 Å². The van der Waals surface area contributed by atoms with E-state index in [0.29, 0.717) is 5.02 Å². The monoisotopic (exact) mass is 513 g/mol. The molecule has 0 unspecified atom stereocenters. The van der Waals surface area contributed by atoms with Crippen LogP contribution in [0.3, 0.4) is 0 Å². The van der Waals surface area contributed by atoms with E-state index in [4.69, 9.17) is 26.6 Å². The Morgan fingerprint density at radius 1 is 0.500 bits per heavy atom. The van der Waals surface area contributed by atoms with E-state index in [1.165, 1.54) is 0 Å². The summed E-state index contributed by atoms with van der Waals surface area (Å²) in [5.41, 5.74) is 10.00. The molecule has 0 bridgehead atoms. The number of aromatic nitrogens is 1. The molecule has 38 heavy (non-hydrogen) atoms. The van der Waals surface area contributed by atoms with Crippen LogP contribution in [0.25, 0.3) is 0 Å². The van der Waals surface area contributed by atoms with Crippen LogP contribution in [0.1, 0.15) is 39.2 Å². The Bertz CT molecular complexity index is 1480. The number of nitrogens with zero attached hydrogens (tertiary/aromatic N) is 3. The van der Waals surface area contributed by atoms with Gasteiger partial charge in [-0.05, 0) is 55.7 Å². The Hall–Kier alpha value is -4.34. The van der Waals surface area contributed by atoms with E-state index >= 15 is 0 Å². The van der Waals surface area contributed by atoms with Crippen LogP contribution in [0.5, 0.6) is 0 Å². The number of aryl methyl sites for hydroxylation is 3. The Morgan fingerprint density at radius 2 is 0.921 bits per heavy atom. The Labute approximate surface area is 229 Å². The number of aliphatic imine (C=N–C) groups is 2. The Balaban J connectivity index is 1.72. The molecule has 0 atom stereocenters. The van der Waals surface area contributed by atoms with Crippen molar-refractivity contribution in [1.82, 2.24) is 4.98 Å². The summed E-state index contributed by atoms with van der Waals surface area (Å²) in [6.45, 7) is 6.19. The zero-order valence-electron chi connectivity index (χ0n) is 21.7. The first kappa shape index (κ1) is 25.3. The lowest BCUT2D eigenvalue weighted by Gasteiger charge is -2.13. The molecule has 5 rings (SSSR count). The van der Waals surface area contributed by atoms with E-state index in [1.807, 2.05) is 91.9 Å². The molecule has 0 N–H and O–H groups in total. The van der Waals surface area contributed by atoms with Crippen LogP contribution in [-0.2, 0) is 0 Å². The third kappa shape index (κ3) is 5.49. The van der Waals surface area contributed by atoms with E-state index in [2.05, 4.69) is 44.2 Å². The van der Waals surface area contributed by atoms with Crippen molar-refractivity contribution in [3.05, 3.63) is 159 Å².